The van der Waals surface area contributed by atoms with Gasteiger partial charge in [-0.2, -0.15) is 0 Å². The lowest BCUT2D eigenvalue weighted by atomic mass is 10.0. The molecule has 9 heteroatoms. The summed E-state index contributed by atoms with van der Waals surface area (Å²) in [6, 6.07) is 4.34. The average molecular weight is 378 g/mol. The molecule has 0 amide bonds. The van der Waals surface area contributed by atoms with Crippen molar-refractivity contribution < 1.29 is 13.5 Å². The van der Waals surface area contributed by atoms with Gasteiger partial charge in [-0.15, -0.1) is 0 Å². The number of rotatable bonds is 4. The van der Waals surface area contributed by atoms with Crippen molar-refractivity contribution in [2.45, 2.75) is 24.5 Å². The molecule has 0 spiro atoms. The molecule has 3 N–H and O–H groups in total. The molecule has 0 bridgehead atoms. The third-order valence-corrected chi connectivity index (χ3v) is 6.14. The molecule has 0 aromatic heterocycles. The maximum absolute atomic E-state index is 11.6. The Labute approximate surface area is 145 Å². The van der Waals surface area contributed by atoms with Gasteiger partial charge in [0.25, 0.3) is 0 Å². The molecule has 128 valence electrons. The van der Waals surface area contributed by atoms with Crippen molar-refractivity contribution in [3.63, 3.8) is 0 Å². The van der Waals surface area contributed by atoms with Crippen molar-refractivity contribution in [1.29, 1.82) is 0 Å². The summed E-state index contributed by atoms with van der Waals surface area (Å²) >= 11 is 7.32. The third kappa shape index (κ3) is 3.83. The van der Waals surface area contributed by atoms with Gasteiger partial charge < -0.3 is 10.0 Å². The molecule has 0 saturated carbocycles. The first-order valence-corrected chi connectivity index (χ1v) is 9.93. The second kappa shape index (κ2) is 6.60. The number of sulfonamides is 1. The minimum absolute atomic E-state index is 0.0295. The molecule has 1 aromatic rings. The number of amidine groups is 1. The Kier molecular flexibility index (Phi) is 5.32. The van der Waals surface area contributed by atoms with E-state index in [9.17, 15) is 13.5 Å². The van der Waals surface area contributed by atoms with E-state index >= 15 is 0 Å². The van der Waals surface area contributed by atoms with Crippen molar-refractivity contribution in [2.75, 3.05) is 19.3 Å². The van der Waals surface area contributed by atoms with Crippen molar-refractivity contribution in [2.24, 2.45) is 16.0 Å². The van der Waals surface area contributed by atoms with Crippen LogP contribution in [0.15, 0.2) is 28.1 Å². The fourth-order valence-corrected chi connectivity index (χ4v) is 4.45. The number of hydrogen-bond acceptors (Lipinski definition) is 5. The first-order valence-electron chi connectivity index (χ1n) is 7.02. The van der Waals surface area contributed by atoms with E-state index in [2.05, 4.69) is 18.8 Å². The van der Waals surface area contributed by atoms with Gasteiger partial charge >= 0.3 is 0 Å². The molecule has 1 heterocycles. The van der Waals surface area contributed by atoms with Crippen LogP contribution >= 0.6 is 23.4 Å². The smallest absolute Gasteiger partial charge is 0.239 e. The van der Waals surface area contributed by atoms with Crippen molar-refractivity contribution >= 4 is 38.6 Å². The highest BCUT2D eigenvalue weighted by atomic mass is 35.5. The molecule has 0 aliphatic carbocycles. The van der Waals surface area contributed by atoms with Gasteiger partial charge in [0, 0.05) is 19.2 Å². The molecule has 1 unspecified atom stereocenters. The van der Waals surface area contributed by atoms with E-state index in [1.807, 2.05) is 0 Å². The second-order valence-corrected chi connectivity index (χ2v) is 8.75. The van der Waals surface area contributed by atoms with Crippen LogP contribution in [0.3, 0.4) is 0 Å². The van der Waals surface area contributed by atoms with Gasteiger partial charge in [-0.05, 0) is 18.1 Å². The lowest BCUT2D eigenvalue weighted by molar-refractivity contribution is -0.0350. The summed E-state index contributed by atoms with van der Waals surface area (Å²) in [6.07, 6.45) is 0. The maximum atomic E-state index is 11.6. The van der Waals surface area contributed by atoms with Crippen LogP contribution in [-0.2, 0) is 15.7 Å². The SMILES string of the molecule is CC(C)CN=C1SCC(O)(c2ccc(Cl)c(S(N)(=O)=O)c2)N1C. The molecule has 23 heavy (non-hydrogen) atoms. The highest BCUT2D eigenvalue weighted by molar-refractivity contribution is 8.14. The van der Waals surface area contributed by atoms with Crippen molar-refractivity contribution in [3.05, 3.63) is 28.8 Å². The monoisotopic (exact) mass is 377 g/mol. The first kappa shape index (κ1) is 18.5. The van der Waals surface area contributed by atoms with Gasteiger partial charge in [-0.25, -0.2) is 13.6 Å². The van der Waals surface area contributed by atoms with Crippen molar-refractivity contribution in [1.82, 2.24) is 4.90 Å². The fraction of sp³-hybridized carbons (Fsp3) is 0.500. The quantitative estimate of drug-likeness (QED) is 0.834. The van der Waals surface area contributed by atoms with E-state index < -0.39 is 15.7 Å². The summed E-state index contributed by atoms with van der Waals surface area (Å²) in [5.41, 5.74) is -0.944. The summed E-state index contributed by atoms with van der Waals surface area (Å²) in [6.45, 7) is 4.78. The number of halogens is 1. The van der Waals surface area contributed by atoms with Gasteiger partial charge in [0.15, 0.2) is 10.9 Å². The Balaban J connectivity index is 2.40. The average Bonchev–Trinajstić information content (AvgIpc) is 2.73. The van der Waals surface area contributed by atoms with E-state index in [-0.39, 0.29) is 9.92 Å². The van der Waals surface area contributed by atoms with Crippen LogP contribution in [0.1, 0.15) is 19.4 Å². The predicted octanol–water partition coefficient (Wildman–Crippen LogP) is 1.82. The summed E-state index contributed by atoms with van der Waals surface area (Å²) in [5, 5.41) is 16.9. The largest absolute Gasteiger partial charge is 0.366 e. The summed E-state index contributed by atoms with van der Waals surface area (Å²) in [4.78, 5) is 5.94. The second-order valence-electron chi connectivity index (χ2n) is 5.87. The first-order chi connectivity index (χ1) is 10.6. The molecule has 1 saturated heterocycles. The topological polar surface area (TPSA) is 96.0 Å². The highest BCUT2D eigenvalue weighted by Gasteiger charge is 2.43. The van der Waals surface area contributed by atoms with Crippen LogP contribution in [0.25, 0.3) is 0 Å². The summed E-state index contributed by atoms with van der Waals surface area (Å²) in [7, 11) is -2.24. The van der Waals surface area contributed by atoms with Crippen LogP contribution in [-0.4, -0.2) is 42.9 Å². The Hall–Kier alpha value is -0.800. The Morgan fingerprint density at radius 1 is 1.52 bits per heavy atom. The number of thioether (sulfide) groups is 1. The number of nitrogens with two attached hydrogens (primary N) is 1. The predicted molar refractivity (Wildman–Crippen MR) is 94.1 cm³/mol. The lowest BCUT2D eigenvalue weighted by Crippen LogP contribution is -2.42. The molecule has 1 fully saturated rings. The van der Waals surface area contributed by atoms with Crippen LogP contribution in [0.2, 0.25) is 5.02 Å². The van der Waals surface area contributed by atoms with Gasteiger partial charge in [-0.3, -0.25) is 4.99 Å². The zero-order valence-corrected chi connectivity index (χ0v) is 15.5. The van der Waals surface area contributed by atoms with E-state index in [1.165, 1.54) is 23.9 Å². The molecule has 0 radical (unpaired) electrons. The van der Waals surface area contributed by atoms with Crippen LogP contribution in [0.4, 0.5) is 0 Å². The van der Waals surface area contributed by atoms with Gasteiger partial charge in [0.2, 0.25) is 10.0 Å². The Morgan fingerprint density at radius 3 is 2.74 bits per heavy atom. The Bertz CT molecular complexity index is 737. The van der Waals surface area contributed by atoms with E-state index in [0.717, 1.165) is 0 Å². The summed E-state index contributed by atoms with van der Waals surface area (Å²) < 4.78 is 23.2. The van der Waals surface area contributed by atoms with E-state index in [4.69, 9.17) is 16.7 Å². The number of primary sulfonamides is 1. The number of nitrogens with zero attached hydrogens (tertiary/aromatic N) is 2. The molecular formula is C14H20ClN3O3S2. The standard InChI is InChI=1S/C14H20ClN3O3S2/c1-9(2)7-17-13-18(3)14(19,8-22-13)10-4-5-11(15)12(6-10)23(16,20)21/h4-6,9,19H,7-8H2,1-3H3,(H2,16,20,21). The lowest BCUT2D eigenvalue weighted by Gasteiger charge is -2.31. The molecule has 2 rings (SSSR count). The molecular weight excluding hydrogens is 358 g/mol. The van der Waals surface area contributed by atoms with Gasteiger partial charge in [0.1, 0.15) is 4.90 Å². The van der Waals surface area contributed by atoms with E-state index in [0.29, 0.717) is 28.9 Å². The number of aliphatic imine (C=N–C) groups is 1. The zero-order valence-electron chi connectivity index (χ0n) is 13.2. The van der Waals surface area contributed by atoms with Gasteiger partial charge in [-0.1, -0.05) is 43.3 Å². The normalized spacial score (nSPS) is 24.0. The molecule has 1 aliphatic rings. The minimum atomic E-state index is -3.96. The molecule has 1 atom stereocenters. The zero-order chi connectivity index (χ0) is 17.4. The summed E-state index contributed by atoms with van der Waals surface area (Å²) in [5.74, 6) is 0.751. The Morgan fingerprint density at radius 2 is 2.17 bits per heavy atom. The highest BCUT2D eigenvalue weighted by Crippen LogP contribution is 2.39. The van der Waals surface area contributed by atoms with Crippen LogP contribution in [0.5, 0.6) is 0 Å². The third-order valence-electron chi connectivity index (χ3n) is 3.54. The molecule has 1 aromatic carbocycles. The number of aliphatic hydroxyl groups is 1. The molecule has 1 aliphatic heterocycles. The van der Waals surface area contributed by atoms with E-state index in [1.54, 1.807) is 18.0 Å². The maximum Gasteiger partial charge on any atom is 0.239 e. The molecule has 6 nitrogen and oxygen atoms in total. The minimum Gasteiger partial charge on any atom is -0.366 e. The van der Waals surface area contributed by atoms with Crippen LogP contribution in [0, 0.1) is 5.92 Å². The van der Waals surface area contributed by atoms with Crippen LogP contribution < -0.4 is 5.14 Å². The number of hydrogen-bond donors (Lipinski definition) is 2. The fourth-order valence-electron chi connectivity index (χ4n) is 2.18. The van der Waals surface area contributed by atoms with Crippen molar-refractivity contribution in [3.8, 4) is 0 Å². The number of benzene rings is 1. The van der Waals surface area contributed by atoms with Gasteiger partial charge in [0.05, 0.1) is 10.8 Å².